The van der Waals surface area contributed by atoms with Crippen LogP contribution >= 0.6 is 0 Å². The van der Waals surface area contributed by atoms with Gasteiger partial charge in [0.2, 0.25) is 0 Å². The van der Waals surface area contributed by atoms with Crippen molar-refractivity contribution in [1.29, 1.82) is 0 Å². The Morgan fingerprint density at radius 3 is 2.71 bits per heavy atom. The van der Waals surface area contributed by atoms with E-state index in [1.807, 2.05) is 54.6 Å². The van der Waals surface area contributed by atoms with Crippen molar-refractivity contribution in [2.24, 2.45) is 0 Å². The number of hydrogen-bond acceptors (Lipinski definition) is 5. The number of carbonyl (C=O) groups is 1. The summed E-state index contributed by atoms with van der Waals surface area (Å²) in [5.74, 6) is -0.117. The number of amides is 1. The van der Waals surface area contributed by atoms with Crippen molar-refractivity contribution in [3.63, 3.8) is 0 Å². The fourth-order valence-corrected chi connectivity index (χ4v) is 3.98. The van der Waals surface area contributed by atoms with Gasteiger partial charge in [-0.1, -0.05) is 36.4 Å². The lowest BCUT2D eigenvalue weighted by Crippen LogP contribution is -2.37. The van der Waals surface area contributed by atoms with E-state index in [2.05, 4.69) is 15.1 Å². The third kappa shape index (κ3) is 4.04. The molecule has 1 fully saturated rings. The standard InChI is InChI=1S/C24H23N5O2/c30-24(28(17-20-10-6-14-31-20)16-19-9-4-5-12-25-19)21-15-27-29-22(11-13-26-23(21)29)18-7-2-1-3-8-18/h1-5,7-9,11-13,15,20H,6,10,14,16-17H2/t20-/m1/s1. The number of pyridine rings is 1. The summed E-state index contributed by atoms with van der Waals surface area (Å²) in [4.78, 5) is 24.3. The summed E-state index contributed by atoms with van der Waals surface area (Å²) in [6.45, 7) is 1.68. The van der Waals surface area contributed by atoms with Crippen LogP contribution < -0.4 is 0 Å². The molecule has 1 aliphatic rings. The number of carbonyl (C=O) groups excluding carboxylic acids is 1. The Morgan fingerprint density at radius 1 is 1.06 bits per heavy atom. The summed E-state index contributed by atoms with van der Waals surface area (Å²) >= 11 is 0. The molecule has 3 aromatic heterocycles. The lowest BCUT2D eigenvalue weighted by Gasteiger charge is -2.25. The summed E-state index contributed by atoms with van der Waals surface area (Å²) in [5, 5.41) is 4.50. The molecule has 1 saturated heterocycles. The van der Waals surface area contributed by atoms with Crippen LogP contribution in [-0.4, -0.2) is 49.6 Å². The second-order valence-corrected chi connectivity index (χ2v) is 7.63. The van der Waals surface area contributed by atoms with E-state index >= 15 is 0 Å². The van der Waals surface area contributed by atoms with E-state index < -0.39 is 0 Å². The fourth-order valence-electron chi connectivity index (χ4n) is 3.98. The molecule has 0 spiro atoms. The van der Waals surface area contributed by atoms with Gasteiger partial charge in [0, 0.05) is 31.1 Å². The minimum absolute atomic E-state index is 0.0438. The van der Waals surface area contributed by atoms with Gasteiger partial charge in [-0.2, -0.15) is 5.10 Å². The zero-order valence-corrected chi connectivity index (χ0v) is 17.1. The Balaban J connectivity index is 1.49. The van der Waals surface area contributed by atoms with Crippen molar-refractivity contribution >= 4 is 11.6 Å². The zero-order valence-electron chi connectivity index (χ0n) is 17.1. The third-order valence-corrected chi connectivity index (χ3v) is 5.52. The van der Waals surface area contributed by atoms with Gasteiger partial charge in [0.15, 0.2) is 5.65 Å². The molecule has 1 aliphatic heterocycles. The number of benzene rings is 1. The molecular weight excluding hydrogens is 390 g/mol. The minimum atomic E-state index is -0.117. The molecule has 0 unspecified atom stereocenters. The number of ether oxygens (including phenoxy) is 1. The zero-order chi connectivity index (χ0) is 21.0. The fraction of sp³-hybridized carbons (Fsp3) is 0.250. The Morgan fingerprint density at radius 2 is 1.94 bits per heavy atom. The summed E-state index contributed by atoms with van der Waals surface area (Å²) < 4.78 is 7.53. The van der Waals surface area contributed by atoms with Crippen LogP contribution in [0.2, 0.25) is 0 Å². The summed E-state index contributed by atoms with van der Waals surface area (Å²) in [5.41, 5.74) is 3.77. The summed E-state index contributed by atoms with van der Waals surface area (Å²) in [7, 11) is 0. The molecule has 0 aliphatic carbocycles. The van der Waals surface area contributed by atoms with Gasteiger partial charge in [0.1, 0.15) is 5.56 Å². The van der Waals surface area contributed by atoms with Gasteiger partial charge in [-0.3, -0.25) is 9.78 Å². The highest BCUT2D eigenvalue weighted by atomic mass is 16.5. The number of rotatable bonds is 6. The number of aromatic nitrogens is 4. The van der Waals surface area contributed by atoms with E-state index in [0.717, 1.165) is 36.4 Å². The molecule has 4 heterocycles. The lowest BCUT2D eigenvalue weighted by atomic mass is 10.1. The van der Waals surface area contributed by atoms with Crippen LogP contribution in [0.25, 0.3) is 16.9 Å². The van der Waals surface area contributed by atoms with Crippen LogP contribution in [0, 0.1) is 0 Å². The SMILES string of the molecule is O=C(c1cnn2c(-c3ccccc3)ccnc12)N(Cc1ccccn1)C[C@H]1CCCO1. The first kappa shape index (κ1) is 19.4. The van der Waals surface area contributed by atoms with Crippen molar-refractivity contribution in [2.45, 2.75) is 25.5 Å². The Bertz CT molecular complexity index is 1170. The first-order chi connectivity index (χ1) is 15.3. The summed E-state index contributed by atoms with van der Waals surface area (Å²) in [6, 6.07) is 17.6. The summed E-state index contributed by atoms with van der Waals surface area (Å²) in [6.07, 6.45) is 7.10. The first-order valence-corrected chi connectivity index (χ1v) is 10.5. The maximum absolute atomic E-state index is 13.6. The van der Waals surface area contributed by atoms with Gasteiger partial charge in [0.25, 0.3) is 5.91 Å². The average Bonchev–Trinajstić information content (AvgIpc) is 3.49. The van der Waals surface area contributed by atoms with Crippen LogP contribution in [0.4, 0.5) is 0 Å². The number of hydrogen-bond donors (Lipinski definition) is 0. The van der Waals surface area contributed by atoms with E-state index in [0.29, 0.717) is 24.3 Å². The highest BCUT2D eigenvalue weighted by molar-refractivity contribution is 6.00. The van der Waals surface area contributed by atoms with Crippen LogP contribution in [-0.2, 0) is 11.3 Å². The van der Waals surface area contributed by atoms with Crippen molar-refractivity contribution < 1.29 is 9.53 Å². The van der Waals surface area contributed by atoms with Crippen molar-refractivity contribution in [3.05, 3.63) is 84.4 Å². The Labute approximate surface area is 180 Å². The van der Waals surface area contributed by atoms with Crippen LogP contribution in [0.1, 0.15) is 28.9 Å². The van der Waals surface area contributed by atoms with Crippen LogP contribution in [0.5, 0.6) is 0 Å². The highest BCUT2D eigenvalue weighted by Gasteiger charge is 2.26. The molecule has 1 atom stereocenters. The smallest absolute Gasteiger partial charge is 0.259 e. The van der Waals surface area contributed by atoms with E-state index in [1.165, 1.54) is 0 Å². The number of fused-ring (bicyclic) bond motifs is 1. The Hall–Kier alpha value is -3.58. The first-order valence-electron chi connectivity index (χ1n) is 10.5. The van der Waals surface area contributed by atoms with Gasteiger partial charge in [0.05, 0.1) is 30.2 Å². The molecule has 0 N–H and O–H groups in total. The molecule has 7 nitrogen and oxygen atoms in total. The lowest BCUT2D eigenvalue weighted by molar-refractivity contribution is 0.0505. The molecule has 5 rings (SSSR count). The normalized spacial score (nSPS) is 15.9. The third-order valence-electron chi connectivity index (χ3n) is 5.52. The van der Waals surface area contributed by atoms with Crippen LogP contribution in [0.3, 0.4) is 0 Å². The Kier molecular flexibility index (Phi) is 5.41. The molecule has 7 heteroatoms. The quantitative estimate of drug-likeness (QED) is 0.483. The van der Waals surface area contributed by atoms with Gasteiger partial charge in [-0.05, 0) is 31.0 Å². The largest absolute Gasteiger partial charge is 0.376 e. The van der Waals surface area contributed by atoms with Crippen molar-refractivity contribution in [3.8, 4) is 11.3 Å². The predicted octanol–water partition coefficient (Wildman–Crippen LogP) is 3.61. The maximum Gasteiger partial charge on any atom is 0.259 e. The van der Waals surface area contributed by atoms with E-state index in [9.17, 15) is 4.79 Å². The second-order valence-electron chi connectivity index (χ2n) is 7.63. The molecule has 0 radical (unpaired) electrons. The molecular formula is C24H23N5O2. The molecule has 156 valence electrons. The average molecular weight is 413 g/mol. The van der Waals surface area contributed by atoms with Crippen LogP contribution in [0.15, 0.2) is 73.2 Å². The monoisotopic (exact) mass is 413 g/mol. The molecule has 1 amide bonds. The van der Waals surface area contributed by atoms with Crippen molar-refractivity contribution in [1.82, 2.24) is 24.5 Å². The van der Waals surface area contributed by atoms with Crippen molar-refractivity contribution in [2.75, 3.05) is 13.2 Å². The number of nitrogens with zero attached hydrogens (tertiary/aromatic N) is 5. The van der Waals surface area contributed by atoms with E-state index in [-0.39, 0.29) is 12.0 Å². The van der Waals surface area contributed by atoms with Gasteiger partial charge in [-0.25, -0.2) is 9.50 Å². The van der Waals surface area contributed by atoms with E-state index in [1.54, 1.807) is 28.0 Å². The van der Waals surface area contributed by atoms with Gasteiger partial charge in [-0.15, -0.1) is 0 Å². The topological polar surface area (TPSA) is 72.6 Å². The molecule has 4 aromatic rings. The maximum atomic E-state index is 13.6. The molecule has 0 saturated carbocycles. The highest BCUT2D eigenvalue weighted by Crippen LogP contribution is 2.23. The minimum Gasteiger partial charge on any atom is -0.376 e. The molecule has 31 heavy (non-hydrogen) atoms. The second kappa shape index (κ2) is 8.65. The van der Waals surface area contributed by atoms with E-state index in [4.69, 9.17) is 4.74 Å². The van der Waals surface area contributed by atoms with Gasteiger partial charge >= 0.3 is 0 Å². The predicted molar refractivity (Wildman–Crippen MR) is 116 cm³/mol. The van der Waals surface area contributed by atoms with Gasteiger partial charge < -0.3 is 9.64 Å². The molecule has 0 bridgehead atoms. The molecule has 1 aromatic carbocycles.